The van der Waals surface area contributed by atoms with E-state index in [2.05, 4.69) is 84.6 Å². The van der Waals surface area contributed by atoms with E-state index in [-0.39, 0.29) is 0 Å². The zero-order valence-electron chi connectivity index (χ0n) is 16.6. The molecule has 0 saturated heterocycles. The van der Waals surface area contributed by atoms with Crippen LogP contribution in [0.15, 0.2) is 65.4 Å². The smallest absolute Gasteiger partial charge is 0.224 e. The molecule has 0 aliphatic heterocycles. The van der Waals surface area contributed by atoms with Crippen molar-refractivity contribution in [1.82, 2.24) is 4.40 Å². The molecule has 0 spiro atoms. The molecule has 0 atom stereocenters. The predicted octanol–water partition coefficient (Wildman–Crippen LogP) is 6.18. The van der Waals surface area contributed by atoms with E-state index in [1.165, 1.54) is 60.1 Å². The van der Waals surface area contributed by atoms with Gasteiger partial charge in [-0.3, -0.25) is 0 Å². The molecular formula is C26H19N2O+. The Morgan fingerprint density at radius 1 is 0.862 bits per heavy atom. The zero-order chi connectivity index (χ0) is 19.4. The summed E-state index contributed by atoms with van der Waals surface area (Å²) in [6, 6.07) is 17.6. The van der Waals surface area contributed by atoms with Crippen LogP contribution in [0.3, 0.4) is 0 Å². The van der Waals surface area contributed by atoms with Gasteiger partial charge in [0.05, 0.1) is 33.6 Å². The Morgan fingerprint density at radius 2 is 1.69 bits per heavy atom. The van der Waals surface area contributed by atoms with Crippen molar-refractivity contribution in [2.75, 3.05) is 0 Å². The quantitative estimate of drug-likeness (QED) is 0.176. The van der Waals surface area contributed by atoms with Crippen molar-refractivity contribution in [3.05, 3.63) is 72.1 Å². The SMILES string of the molecule is Cc1cc2c3ccccc3n3c2c(c1C)c1c2c(cc[n+]1C)cc1occc1c23. The second kappa shape index (κ2) is 4.87. The van der Waals surface area contributed by atoms with Gasteiger partial charge in [0.2, 0.25) is 5.52 Å². The van der Waals surface area contributed by atoms with Gasteiger partial charge in [-0.2, -0.15) is 0 Å². The van der Waals surface area contributed by atoms with Crippen molar-refractivity contribution in [2.24, 2.45) is 7.05 Å². The summed E-state index contributed by atoms with van der Waals surface area (Å²) in [5.41, 5.74) is 8.70. The maximum Gasteiger partial charge on any atom is 0.224 e. The molecule has 7 rings (SSSR count). The molecule has 0 saturated carbocycles. The number of fused-ring (bicyclic) bond motifs is 7. The molecule has 3 aromatic carbocycles. The highest BCUT2D eigenvalue weighted by Crippen LogP contribution is 2.43. The molecule has 0 N–H and O–H groups in total. The van der Waals surface area contributed by atoms with Crippen LogP contribution in [0.2, 0.25) is 0 Å². The second-order valence-electron chi connectivity index (χ2n) is 8.24. The minimum Gasteiger partial charge on any atom is -0.464 e. The Labute approximate surface area is 166 Å². The van der Waals surface area contributed by atoms with E-state index in [9.17, 15) is 0 Å². The highest BCUT2D eigenvalue weighted by molar-refractivity contribution is 6.29. The van der Waals surface area contributed by atoms with Crippen molar-refractivity contribution < 1.29 is 8.98 Å². The molecule has 3 heteroatoms. The first-order chi connectivity index (χ1) is 14.1. The minimum atomic E-state index is 0.936. The lowest BCUT2D eigenvalue weighted by atomic mass is 9.96. The van der Waals surface area contributed by atoms with Gasteiger partial charge in [-0.05, 0) is 49.2 Å². The Kier molecular flexibility index (Phi) is 2.58. The second-order valence-corrected chi connectivity index (χ2v) is 8.24. The average Bonchev–Trinajstić information content (AvgIpc) is 3.32. The number of nitrogens with zero attached hydrogens (tertiary/aromatic N) is 2. The number of para-hydroxylation sites is 1. The molecule has 0 bridgehead atoms. The van der Waals surface area contributed by atoms with Crippen molar-refractivity contribution in [3.63, 3.8) is 0 Å². The van der Waals surface area contributed by atoms with E-state index in [1.807, 2.05) is 0 Å². The first-order valence-corrected chi connectivity index (χ1v) is 10.0. The summed E-state index contributed by atoms with van der Waals surface area (Å²) in [5, 5.41) is 7.65. The van der Waals surface area contributed by atoms with Crippen LogP contribution in [0.25, 0.3) is 60.0 Å². The summed E-state index contributed by atoms with van der Waals surface area (Å²) in [6.45, 7) is 4.48. The summed E-state index contributed by atoms with van der Waals surface area (Å²) in [7, 11) is 2.16. The van der Waals surface area contributed by atoms with Crippen LogP contribution in [0.5, 0.6) is 0 Å². The number of hydrogen-bond acceptors (Lipinski definition) is 1. The molecule has 0 unspecified atom stereocenters. The maximum atomic E-state index is 5.86. The summed E-state index contributed by atoms with van der Waals surface area (Å²) in [6.07, 6.45) is 3.97. The molecule has 3 nitrogen and oxygen atoms in total. The summed E-state index contributed by atoms with van der Waals surface area (Å²) >= 11 is 0. The van der Waals surface area contributed by atoms with E-state index in [1.54, 1.807) is 6.26 Å². The van der Waals surface area contributed by atoms with Gasteiger partial charge in [0.15, 0.2) is 6.20 Å². The molecular weight excluding hydrogens is 356 g/mol. The number of benzene rings is 3. The van der Waals surface area contributed by atoms with E-state index in [0.29, 0.717) is 0 Å². The van der Waals surface area contributed by atoms with Crippen molar-refractivity contribution >= 4 is 60.0 Å². The molecule has 0 amide bonds. The molecule has 0 fully saturated rings. The van der Waals surface area contributed by atoms with E-state index in [0.717, 1.165) is 11.0 Å². The highest BCUT2D eigenvalue weighted by Gasteiger charge is 2.26. The standard InChI is InChI=1S/C26H19N2O/c1-14-12-19-17-6-4-5-7-20(17)28-24-18-9-11-29-21(18)13-16-8-10-27(3)26(23(16)24)22(15(14)2)25(19)28/h4-13H,1-3H3/q+1. The van der Waals surface area contributed by atoms with Crippen molar-refractivity contribution in [3.8, 4) is 0 Å². The Hall–Kier alpha value is -3.59. The maximum absolute atomic E-state index is 5.86. The van der Waals surface area contributed by atoms with Crippen LogP contribution in [-0.2, 0) is 7.05 Å². The van der Waals surface area contributed by atoms with Crippen LogP contribution in [0.4, 0.5) is 0 Å². The van der Waals surface area contributed by atoms with Crippen molar-refractivity contribution in [1.29, 1.82) is 0 Å². The molecule has 0 aliphatic carbocycles. The van der Waals surface area contributed by atoms with Crippen LogP contribution < -0.4 is 4.57 Å². The Morgan fingerprint density at radius 3 is 2.59 bits per heavy atom. The van der Waals surface area contributed by atoms with Crippen LogP contribution in [-0.4, -0.2) is 4.40 Å². The molecule has 29 heavy (non-hydrogen) atoms. The lowest BCUT2D eigenvalue weighted by Gasteiger charge is -2.14. The minimum absolute atomic E-state index is 0.936. The van der Waals surface area contributed by atoms with Gasteiger partial charge in [0, 0.05) is 27.6 Å². The summed E-state index contributed by atoms with van der Waals surface area (Å²) in [4.78, 5) is 0. The first-order valence-electron chi connectivity index (χ1n) is 10.0. The number of rotatable bonds is 0. The third-order valence-corrected chi connectivity index (χ3v) is 6.77. The number of hydrogen-bond donors (Lipinski definition) is 0. The zero-order valence-corrected chi connectivity index (χ0v) is 16.6. The number of aryl methyl sites for hydroxylation is 3. The fourth-order valence-corrected chi connectivity index (χ4v) is 5.35. The van der Waals surface area contributed by atoms with Crippen LogP contribution >= 0.6 is 0 Å². The third-order valence-electron chi connectivity index (χ3n) is 6.77. The van der Waals surface area contributed by atoms with E-state index in [4.69, 9.17) is 4.42 Å². The molecule has 0 radical (unpaired) electrons. The number of aromatic nitrogens is 2. The average molecular weight is 375 g/mol. The Balaban J connectivity index is 2.06. The lowest BCUT2D eigenvalue weighted by Crippen LogP contribution is -2.29. The topological polar surface area (TPSA) is 21.4 Å². The van der Waals surface area contributed by atoms with E-state index >= 15 is 0 Å². The predicted molar refractivity (Wildman–Crippen MR) is 119 cm³/mol. The van der Waals surface area contributed by atoms with Gasteiger partial charge in [-0.1, -0.05) is 18.2 Å². The van der Waals surface area contributed by atoms with Gasteiger partial charge >= 0.3 is 0 Å². The van der Waals surface area contributed by atoms with E-state index < -0.39 is 0 Å². The number of pyridine rings is 2. The fourth-order valence-electron chi connectivity index (χ4n) is 5.35. The van der Waals surface area contributed by atoms with Gasteiger partial charge in [-0.25, -0.2) is 4.57 Å². The van der Waals surface area contributed by atoms with Gasteiger partial charge < -0.3 is 8.82 Å². The molecule has 0 aliphatic rings. The Bertz CT molecular complexity index is 1780. The first kappa shape index (κ1) is 15.3. The fraction of sp³-hybridized carbons (Fsp3) is 0.115. The summed E-state index contributed by atoms with van der Waals surface area (Å²) in [5.74, 6) is 0. The lowest BCUT2D eigenvalue weighted by molar-refractivity contribution is -0.643. The molecule has 4 heterocycles. The highest BCUT2D eigenvalue weighted by atomic mass is 16.3. The molecule has 7 aromatic rings. The monoisotopic (exact) mass is 375 g/mol. The molecule has 138 valence electrons. The normalized spacial score (nSPS) is 12.7. The summed E-state index contributed by atoms with van der Waals surface area (Å²) < 4.78 is 10.6. The third kappa shape index (κ3) is 1.64. The van der Waals surface area contributed by atoms with Gasteiger partial charge in [0.25, 0.3) is 0 Å². The van der Waals surface area contributed by atoms with Crippen LogP contribution in [0, 0.1) is 13.8 Å². The van der Waals surface area contributed by atoms with Gasteiger partial charge in [-0.15, -0.1) is 0 Å². The molecule has 4 aromatic heterocycles. The number of furan rings is 1. The van der Waals surface area contributed by atoms with Gasteiger partial charge in [0.1, 0.15) is 12.6 Å². The largest absolute Gasteiger partial charge is 0.464 e. The van der Waals surface area contributed by atoms with Crippen LogP contribution in [0.1, 0.15) is 11.1 Å². The van der Waals surface area contributed by atoms with Crippen molar-refractivity contribution in [2.45, 2.75) is 13.8 Å².